The Balaban J connectivity index is 2.43. The van der Waals surface area contributed by atoms with Crippen molar-refractivity contribution in [3.63, 3.8) is 0 Å². The molecule has 2 unspecified atom stereocenters. The molecule has 1 aromatic rings. The van der Waals surface area contributed by atoms with Gasteiger partial charge in [-0.2, -0.15) is 0 Å². The molecule has 0 aromatic heterocycles. The monoisotopic (exact) mass is 230 g/mol. The Morgan fingerprint density at radius 1 is 1.35 bits per heavy atom. The van der Waals surface area contributed by atoms with Gasteiger partial charge in [0, 0.05) is 25.6 Å². The van der Waals surface area contributed by atoms with Gasteiger partial charge in [0.15, 0.2) is 0 Å². The summed E-state index contributed by atoms with van der Waals surface area (Å²) in [5, 5.41) is 3.40. The molecule has 2 atom stereocenters. The SMILES string of the molecule is C#CCCNC(CN)CC(C)c1ccccc1. The van der Waals surface area contributed by atoms with E-state index in [9.17, 15) is 0 Å². The molecule has 0 aliphatic rings. The van der Waals surface area contributed by atoms with E-state index in [1.165, 1.54) is 5.56 Å². The van der Waals surface area contributed by atoms with Gasteiger partial charge in [0.05, 0.1) is 0 Å². The summed E-state index contributed by atoms with van der Waals surface area (Å²) in [5.74, 6) is 3.15. The van der Waals surface area contributed by atoms with Gasteiger partial charge in [0.2, 0.25) is 0 Å². The van der Waals surface area contributed by atoms with Crippen LogP contribution in [0.15, 0.2) is 30.3 Å². The highest BCUT2D eigenvalue weighted by Crippen LogP contribution is 2.19. The average Bonchev–Trinajstić information content (AvgIpc) is 2.38. The van der Waals surface area contributed by atoms with Crippen molar-refractivity contribution in [3.8, 4) is 12.3 Å². The molecule has 0 heterocycles. The van der Waals surface area contributed by atoms with Crippen molar-refractivity contribution >= 4 is 0 Å². The van der Waals surface area contributed by atoms with Crippen molar-refractivity contribution in [1.82, 2.24) is 5.32 Å². The van der Waals surface area contributed by atoms with Crippen LogP contribution in [0.5, 0.6) is 0 Å². The molecular formula is C15H22N2. The summed E-state index contributed by atoms with van der Waals surface area (Å²) in [7, 11) is 0. The Hall–Kier alpha value is -1.30. The predicted molar refractivity (Wildman–Crippen MR) is 73.8 cm³/mol. The maximum Gasteiger partial charge on any atom is 0.0212 e. The lowest BCUT2D eigenvalue weighted by Crippen LogP contribution is -2.37. The lowest BCUT2D eigenvalue weighted by Gasteiger charge is -2.21. The van der Waals surface area contributed by atoms with Crippen LogP contribution >= 0.6 is 0 Å². The average molecular weight is 230 g/mol. The van der Waals surface area contributed by atoms with Crippen molar-refractivity contribution in [2.75, 3.05) is 13.1 Å². The third-order valence-electron chi connectivity index (χ3n) is 2.99. The number of terminal acetylenes is 1. The van der Waals surface area contributed by atoms with Gasteiger partial charge in [-0.3, -0.25) is 0 Å². The van der Waals surface area contributed by atoms with Crippen LogP contribution in [-0.4, -0.2) is 19.1 Å². The zero-order valence-electron chi connectivity index (χ0n) is 10.5. The first-order chi connectivity index (χ1) is 8.27. The highest BCUT2D eigenvalue weighted by Gasteiger charge is 2.12. The molecule has 1 rings (SSSR count). The van der Waals surface area contributed by atoms with Crippen molar-refractivity contribution in [2.24, 2.45) is 5.73 Å². The van der Waals surface area contributed by atoms with Crippen LogP contribution in [0, 0.1) is 12.3 Å². The van der Waals surface area contributed by atoms with E-state index >= 15 is 0 Å². The Morgan fingerprint density at radius 3 is 2.65 bits per heavy atom. The smallest absolute Gasteiger partial charge is 0.0212 e. The minimum atomic E-state index is 0.346. The Kier molecular flexibility index (Phi) is 6.39. The van der Waals surface area contributed by atoms with Gasteiger partial charge >= 0.3 is 0 Å². The lowest BCUT2D eigenvalue weighted by molar-refractivity contribution is 0.462. The molecule has 1 aromatic carbocycles. The van der Waals surface area contributed by atoms with Crippen LogP contribution in [-0.2, 0) is 0 Å². The van der Waals surface area contributed by atoms with E-state index in [1.54, 1.807) is 0 Å². The minimum absolute atomic E-state index is 0.346. The molecule has 2 heteroatoms. The summed E-state index contributed by atoms with van der Waals surface area (Å²) >= 11 is 0. The highest BCUT2D eigenvalue weighted by molar-refractivity contribution is 5.18. The van der Waals surface area contributed by atoms with Crippen LogP contribution in [0.2, 0.25) is 0 Å². The van der Waals surface area contributed by atoms with Gasteiger partial charge in [-0.15, -0.1) is 12.3 Å². The fraction of sp³-hybridized carbons (Fsp3) is 0.467. The van der Waals surface area contributed by atoms with Crippen molar-refractivity contribution in [3.05, 3.63) is 35.9 Å². The first-order valence-corrected chi connectivity index (χ1v) is 6.19. The van der Waals surface area contributed by atoms with Gasteiger partial charge in [0.25, 0.3) is 0 Å². The largest absolute Gasteiger partial charge is 0.329 e. The summed E-state index contributed by atoms with van der Waals surface area (Å²) in [6.45, 7) is 3.74. The second-order valence-electron chi connectivity index (χ2n) is 4.39. The fourth-order valence-electron chi connectivity index (χ4n) is 1.96. The van der Waals surface area contributed by atoms with E-state index in [0.29, 0.717) is 18.5 Å². The topological polar surface area (TPSA) is 38.0 Å². The van der Waals surface area contributed by atoms with Gasteiger partial charge in [-0.1, -0.05) is 37.3 Å². The van der Waals surface area contributed by atoms with Gasteiger partial charge in [-0.05, 0) is 17.9 Å². The summed E-state index contributed by atoms with van der Waals surface area (Å²) in [4.78, 5) is 0. The Bertz CT molecular complexity index is 340. The first kappa shape index (κ1) is 13.8. The van der Waals surface area contributed by atoms with Gasteiger partial charge < -0.3 is 11.1 Å². The van der Waals surface area contributed by atoms with E-state index in [2.05, 4.69) is 42.4 Å². The molecule has 3 N–H and O–H groups in total. The second kappa shape index (κ2) is 7.89. The standard InChI is InChI=1S/C15H22N2/c1-3-4-10-17-15(12-16)11-13(2)14-8-6-5-7-9-14/h1,5-9,13,15,17H,4,10-12,16H2,2H3. The molecule has 2 nitrogen and oxygen atoms in total. The summed E-state index contributed by atoms with van der Waals surface area (Å²) < 4.78 is 0. The molecule has 0 amide bonds. The molecule has 0 saturated carbocycles. The van der Waals surface area contributed by atoms with Crippen LogP contribution in [0.4, 0.5) is 0 Å². The third kappa shape index (κ3) is 5.04. The normalized spacial score (nSPS) is 13.9. The molecule has 0 saturated heterocycles. The number of rotatable bonds is 7. The molecule has 92 valence electrons. The van der Waals surface area contributed by atoms with E-state index in [1.807, 2.05) is 6.07 Å². The zero-order valence-corrected chi connectivity index (χ0v) is 10.5. The number of nitrogens with one attached hydrogen (secondary N) is 1. The maximum atomic E-state index is 5.77. The molecule has 0 aliphatic heterocycles. The maximum absolute atomic E-state index is 5.77. The van der Waals surface area contributed by atoms with Crippen molar-refractivity contribution in [2.45, 2.75) is 31.7 Å². The van der Waals surface area contributed by atoms with Crippen molar-refractivity contribution in [1.29, 1.82) is 0 Å². The predicted octanol–water partition coefficient (Wildman–Crippen LogP) is 2.12. The zero-order chi connectivity index (χ0) is 12.5. The third-order valence-corrected chi connectivity index (χ3v) is 2.99. The lowest BCUT2D eigenvalue weighted by atomic mass is 9.94. The molecule has 0 bridgehead atoms. The quantitative estimate of drug-likeness (QED) is 0.556. The van der Waals surface area contributed by atoms with Crippen LogP contribution in [0.25, 0.3) is 0 Å². The van der Waals surface area contributed by atoms with Crippen LogP contribution in [0.1, 0.15) is 31.2 Å². The minimum Gasteiger partial charge on any atom is -0.329 e. The van der Waals surface area contributed by atoms with E-state index < -0.39 is 0 Å². The molecule has 0 aliphatic carbocycles. The van der Waals surface area contributed by atoms with Crippen molar-refractivity contribution < 1.29 is 0 Å². The molecule has 17 heavy (non-hydrogen) atoms. The van der Waals surface area contributed by atoms with Gasteiger partial charge in [-0.25, -0.2) is 0 Å². The number of hydrogen-bond acceptors (Lipinski definition) is 2. The number of hydrogen-bond donors (Lipinski definition) is 2. The summed E-state index contributed by atoms with van der Waals surface area (Å²) in [5.41, 5.74) is 7.13. The van der Waals surface area contributed by atoms with E-state index in [0.717, 1.165) is 19.4 Å². The Labute approximate surface area is 105 Å². The molecule has 0 radical (unpaired) electrons. The first-order valence-electron chi connectivity index (χ1n) is 6.19. The van der Waals surface area contributed by atoms with Gasteiger partial charge in [0.1, 0.15) is 0 Å². The summed E-state index contributed by atoms with van der Waals surface area (Å²) in [6.07, 6.45) is 7.03. The van der Waals surface area contributed by atoms with E-state index in [-0.39, 0.29) is 0 Å². The number of benzene rings is 1. The van der Waals surface area contributed by atoms with E-state index in [4.69, 9.17) is 12.2 Å². The highest BCUT2D eigenvalue weighted by atomic mass is 14.9. The molecular weight excluding hydrogens is 208 g/mol. The second-order valence-corrected chi connectivity index (χ2v) is 4.39. The molecule has 0 spiro atoms. The summed E-state index contributed by atoms with van der Waals surface area (Å²) in [6, 6.07) is 10.9. The fourth-order valence-corrected chi connectivity index (χ4v) is 1.96. The van der Waals surface area contributed by atoms with Crippen LogP contribution < -0.4 is 11.1 Å². The van der Waals surface area contributed by atoms with Crippen LogP contribution in [0.3, 0.4) is 0 Å². The Morgan fingerprint density at radius 2 is 2.06 bits per heavy atom. The molecule has 0 fully saturated rings. The number of nitrogens with two attached hydrogens (primary N) is 1.